The lowest BCUT2D eigenvalue weighted by Gasteiger charge is -2.22. The number of esters is 1. The van der Waals surface area contributed by atoms with E-state index in [1.165, 1.54) is 327 Å². The van der Waals surface area contributed by atoms with Crippen LogP contribution in [0.3, 0.4) is 0 Å². The number of rotatable bonds is 72. The molecule has 0 bridgehead atoms. The van der Waals surface area contributed by atoms with Gasteiger partial charge in [0.15, 0.2) is 0 Å². The number of hydrogen-bond donors (Lipinski definition) is 3. The normalized spacial score (nSPS) is 12.8. The van der Waals surface area contributed by atoms with Crippen molar-refractivity contribution in [2.45, 2.75) is 431 Å². The smallest absolute Gasteiger partial charge is 0.305 e. The minimum absolute atomic E-state index is 0.00722. The standard InChI is InChI=1S/C79H149NO5/c1-3-5-7-9-11-13-15-17-19-21-41-45-49-53-57-61-65-69-73-79(84)85-74-70-66-62-58-54-50-46-42-38-36-34-32-30-28-26-24-22-23-25-27-29-31-33-35-37-40-44-48-52-56-60-64-68-72-78(83)80-76(75-81)77(82)71-67-63-59-55-51-47-43-39-20-18-16-14-12-10-8-6-4-2/h13,15,19,21,26,28,32,34,76-77,81-82H,3-12,14,16-18,20,22-25,27,29-31,33,35-75H2,1-2H3,(H,80,83)/b15-13-,21-19-,28-26-,34-32-. The van der Waals surface area contributed by atoms with Crippen molar-refractivity contribution in [1.29, 1.82) is 0 Å². The van der Waals surface area contributed by atoms with E-state index in [2.05, 4.69) is 67.8 Å². The van der Waals surface area contributed by atoms with Gasteiger partial charge in [-0.1, -0.05) is 364 Å². The van der Waals surface area contributed by atoms with Crippen LogP contribution in [0.1, 0.15) is 418 Å². The van der Waals surface area contributed by atoms with E-state index in [-0.39, 0.29) is 18.5 Å². The Labute approximate surface area is 531 Å². The predicted octanol–water partition coefficient (Wildman–Crippen LogP) is 25.2. The minimum atomic E-state index is -0.664. The summed E-state index contributed by atoms with van der Waals surface area (Å²) in [4.78, 5) is 24.6. The Bertz CT molecular complexity index is 1420. The van der Waals surface area contributed by atoms with Crippen LogP contribution in [-0.4, -0.2) is 47.4 Å². The van der Waals surface area contributed by atoms with E-state index in [1.54, 1.807) is 0 Å². The molecule has 0 aliphatic carbocycles. The van der Waals surface area contributed by atoms with Crippen molar-refractivity contribution in [3.05, 3.63) is 48.6 Å². The number of aliphatic hydroxyl groups is 2. The number of aliphatic hydroxyl groups excluding tert-OH is 2. The SMILES string of the molecule is CCCCCC/C=C\C/C=C\CCCCCCCCCC(=O)OCCCCCCCCCCC/C=C\C/C=C\CCCCCCCCCCCCCCCCCCCC(=O)NC(CO)C(O)CCCCCCCCCCCCCCCCCCC. The Kier molecular flexibility index (Phi) is 72.4. The number of nitrogens with one attached hydrogen (secondary N) is 1. The average Bonchev–Trinajstić information content (AvgIpc) is 3.50. The second-order valence-electron chi connectivity index (χ2n) is 26.3. The molecule has 0 aromatic carbocycles. The van der Waals surface area contributed by atoms with E-state index in [1.807, 2.05) is 0 Å². The number of hydrogen-bond acceptors (Lipinski definition) is 5. The molecule has 500 valence electrons. The molecule has 1 amide bonds. The lowest BCUT2D eigenvalue weighted by molar-refractivity contribution is -0.143. The average molecular weight is 1190 g/mol. The summed E-state index contributed by atoms with van der Waals surface area (Å²) in [7, 11) is 0. The van der Waals surface area contributed by atoms with Gasteiger partial charge in [0.05, 0.1) is 25.4 Å². The minimum Gasteiger partial charge on any atom is -0.466 e. The number of carbonyl (C=O) groups is 2. The van der Waals surface area contributed by atoms with Gasteiger partial charge in [-0.3, -0.25) is 9.59 Å². The van der Waals surface area contributed by atoms with Crippen LogP contribution in [-0.2, 0) is 14.3 Å². The first-order valence-corrected chi connectivity index (χ1v) is 38.4. The van der Waals surface area contributed by atoms with Crippen molar-refractivity contribution in [2.75, 3.05) is 13.2 Å². The number of carbonyl (C=O) groups excluding carboxylic acids is 2. The maximum Gasteiger partial charge on any atom is 0.305 e. The van der Waals surface area contributed by atoms with Crippen molar-refractivity contribution >= 4 is 11.9 Å². The van der Waals surface area contributed by atoms with Gasteiger partial charge in [0.1, 0.15) is 0 Å². The Hall–Kier alpha value is -2.18. The zero-order chi connectivity index (χ0) is 61.3. The van der Waals surface area contributed by atoms with E-state index >= 15 is 0 Å². The molecule has 6 nitrogen and oxygen atoms in total. The molecule has 2 unspecified atom stereocenters. The Balaban J connectivity index is 3.38. The van der Waals surface area contributed by atoms with Crippen molar-refractivity contribution in [2.24, 2.45) is 0 Å². The first-order valence-electron chi connectivity index (χ1n) is 38.4. The van der Waals surface area contributed by atoms with E-state index in [0.29, 0.717) is 25.9 Å². The molecular weight excluding hydrogens is 1040 g/mol. The van der Waals surface area contributed by atoms with Crippen LogP contribution in [0.5, 0.6) is 0 Å². The third-order valence-electron chi connectivity index (χ3n) is 17.9. The maximum atomic E-state index is 12.5. The Morgan fingerprint density at radius 2 is 0.588 bits per heavy atom. The third-order valence-corrected chi connectivity index (χ3v) is 17.9. The van der Waals surface area contributed by atoms with Gasteiger partial charge in [0.2, 0.25) is 5.91 Å². The summed E-state index contributed by atoms with van der Waals surface area (Å²) in [6.45, 7) is 4.97. The van der Waals surface area contributed by atoms with Gasteiger partial charge in [0.25, 0.3) is 0 Å². The van der Waals surface area contributed by atoms with E-state index in [4.69, 9.17) is 4.74 Å². The van der Waals surface area contributed by atoms with Crippen molar-refractivity contribution in [1.82, 2.24) is 5.32 Å². The van der Waals surface area contributed by atoms with Gasteiger partial charge in [-0.05, 0) is 89.9 Å². The summed E-state index contributed by atoms with van der Waals surface area (Å²) in [6, 6.07) is -0.541. The summed E-state index contributed by atoms with van der Waals surface area (Å²) < 4.78 is 5.50. The summed E-state index contributed by atoms with van der Waals surface area (Å²) in [5.74, 6) is -0.0225. The number of ether oxygens (including phenoxy) is 1. The highest BCUT2D eigenvalue weighted by Crippen LogP contribution is 2.19. The maximum absolute atomic E-state index is 12.5. The molecule has 3 N–H and O–H groups in total. The van der Waals surface area contributed by atoms with Crippen LogP contribution >= 0.6 is 0 Å². The highest BCUT2D eigenvalue weighted by molar-refractivity contribution is 5.76. The zero-order valence-corrected chi connectivity index (χ0v) is 57.4. The van der Waals surface area contributed by atoms with E-state index < -0.39 is 12.1 Å². The van der Waals surface area contributed by atoms with Crippen LogP contribution in [0.2, 0.25) is 0 Å². The van der Waals surface area contributed by atoms with Gasteiger partial charge in [-0.15, -0.1) is 0 Å². The van der Waals surface area contributed by atoms with E-state index in [0.717, 1.165) is 57.8 Å². The molecule has 0 aliphatic heterocycles. The van der Waals surface area contributed by atoms with Crippen LogP contribution in [0.25, 0.3) is 0 Å². The number of amides is 1. The topological polar surface area (TPSA) is 95.9 Å². The Morgan fingerprint density at radius 3 is 0.906 bits per heavy atom. The third kappa shape index (κ3) is 70.8. The van der Waals surface area contributed by atoms with Crippen LogP contribution in [0, 0.1) is 0 Å². The van der Waals surface area contributed by atoms with Crippen LogP contribution < -0.4 is 5.32 Å². The molecule has 6 heteroatoms. The summed E-state index contributed by atoms with van der Waals surface area (Å²) >= 11 is 0. The quantitative estimate of drug-likeness (QED) is 0.0320. The highest BCUT2D eigenvalue weighted by atomic mass is 16.5. The number of allylic oxidation sites excluding steroid dienone is 8. The molecule has 0 fully saturated rings. The van der Waals surface area contributed by atoms with E-state index in [9.17, 15) is 19.8 Å². The fraction of sp³-hybridized carbons (Fsp3) is 0.873. The van der Waals surface area contributed by atoms with Crippen LogP contribution in [0.4, 0.5) is 0 Å². The second kappa shape index (κ2) is 74.3. The molecule has 0 spiro atoms. The summed E-state index contributed by atoms with van der Waals surface area (Å²) in [6.07, 6.45) is 97.6. The molecule has 85 heavy (non-hydrogen) atoms. The largest absolute Gasteiger partial charge is 0.466 e. The van der Waals surface area contributed by atoms with Crippen LogP contribution in [0.15, 0.2) is 48.6 Å². The van der Waals surface area contributed by atoms with Crippen molar-refractivity contribution in [3.63, 3.8) is 0 Å². The molecule has 0 aromatic heterocycles. The van der Waals surface area contributed by atoms with Crippen molar-refractivity contribution < 1.29 is 24.5 Å². The molecule has 0 rings (SSSR count). The first kappa shape index (κ1) is 82.8. The molecule has 0 aliphatic rings. The number of unbranched alkanes of at least 4 members (excludes halogenated alkanes) is 53. The molecule has 0 saturated carbocycles. The second-order valence-corrected chi connectivity index (χ2v) is 26.3. The van der Waals surface area contributed by atoms with Gasteiger partial charge in [0, 0.05) is 12.8 Å². The fourth-order valence-corrected chi connectivity index (χ4v) is 12.0. The monoisotopic (exact) mass is 1190 g/mol. The Morgan fingerprint density at radius 1 is 0.329 bits per heavy atom. The van der Waals surface area contributed by atoms with Gasteiger partial charge < -0.3 is 20.3 Å². The molecule has 0 saturated heterocycles. The zero-order valence-electron chi connectivity index (χ0n) is 57.4. The highest BCUT2D eigenvalue weighted by Gasteiger charge is 2.20. The van der Waals surface area contributed by atoms with Crippen molar-refractivity contribution in [3.8, 4) is 0 Å². The lowest BCUT2D eigenvalue weighted by Crippen LogP contribution is -2.45. The molecule has 0 radical (unpaired) electrons. The van der Waals surface area contributed by atoms with Gasteiger partial charge in [-0.25, -0.2) is 0 Å². The molecule has 0 aromatic rings. The van der Waals surface area contributed by atoms with Gasteiger partial charge >= 0.3 is 5.97 Å². The fourth-order valence-electron chi connectivity index (χ4n) is 12.0. The summed E-state index contributed by atoms with van der Waals surface area (Å²) in [5.41, 5.74) is 0. The van der Waals surface area contributed by atoms with Gasteiger partial charge in [-0.2, -0.15) is 0 Å². The predicted molar refractivity (Wildman–Crippen MR) is 375 cm³/mol. The molecule has 2 atom stereocenters. The molecule has 0 heterocycles. The first-order chi connectivity index (χ1) is 42.0. The molecular formula is C79H149NO5. The summed E-state index contributed by atoms with van der Waals surface area (Å²) in [5, 5.41) is 23.4. The lowest BCUT2D eigenvalue weighted by atomic mass is 10.0.